The van der Waals surface area contributed by atoms with E-state index >= 15 is 0 Å². The Balaban J connectivity index is 1.65. The lowest BCUT2D eigenvalue weighted by Crippen LogP contribution is -2.25. The molecular formula is C14H13FN2O3S. The Bertz CT molecular complexity index is 647. The molecule has 2 aromatic rings. The third-order valence-corrected chi connectivity index (χ3v) is 4.19. The number of benzene rings is 1. The summed E-state index contributed by atoms with van der Waals surface area (Å²) in [5.41, 5.74) is 0. The normalized spacial score (nSPS) is 18.9. The number of ketones is 1. The van der Waals surface area contributed by atoms with Crippen LogP contribution in [0.3, 0.4) is 0 Å². The summed E-state index contributed by atoms with van der Waals surface area (Å²) < 4.78 is 23.9. The molecule has 0 aliphatic carbocycles. The van der Waals surface area contributed by atoms with Gasteiger partial charge in [-0.1, -0.05) is 17.3 Å². The van der Waals surface area contributed by atoms with E-state index in [1.165, 1.54) is 17.8 Å². The van der Waals surface area contributed by atoms with E-state index in [2.05, 4.69) is 10.1 Å². The van der Waals surface area contributed by atoms with E-state index in [1.54, 1.807) is 18.2 Å². The van der Waals surface area contributed by atoms with E-state index in [1.807, 2.05) is 0 Å². The topological polar surface area (TPSA) is 65.2 Å². The molecule has 5 nitrogen and oxygen atoms in total. The summed E-state index contributed by atoms with van der Waals surface area (Å²) in [6.07, 6.45) is 0.367. The molecule has 0 saturated carbocycles. The highest BCUT2D eigenvalue weighted by Gasteiger charge is 2.29. The maximum Gasteiger partial charge on any atom is 0.239 e. The average molecular weight is 308 g/mol. The predicted octanol–water partition coefficient (Wildman–Crippen LogP) is 2.57. The standard InChI is InChI=1S/C14H13FN2O3S/c15-10-3-1-2-4-12(10)21-8-13-16-14(20-17-13)9-7-19-6-5-11(9)18/h1-4,9H,5-8H2. The fourth-order valence-corrected chi connectivity index (χ4v) is 2.80. The fourth-order valence-electron chi connectivity index (χ4n) is 2.02. The van der Waals surface area contributed by atoms with Crippen LogP contribution in [0.4, 0.5) is 4.39 Å². The quantitative estimate of drug-likeness (QED) is 0.809. The Morgan fingerprint density at radius 1 is 1.38 bits per heavy atom. The Labute approximate surface area is 124 Å². The average Bonchev–Trinajstić information content (AvgIpc) is 2.96. The summed E-state index contributed by atoms with van der Waals surface area (Å²) in [5, 5.41) is 3.83. The van der Waals surface area contributed by atoms with E-state index < -0.39 is 5.92 Å². The van der Waals surface area contributed by atoms with Crippen molar-refractivity contribution in [2.75, 3.05) is 13.2 Å². The molecule has 21 heavy (non-hydrogen) atoms. The molecule has 1 unspecified atom stereocenters. The van der Waals surface area contributed by atoms with Crippen molar-refractivity contribution in [3.63, 3.8) is 0 Å². The third-order valence-electron chi connectivity index (χ3n) is 3.14. The van der Waals surface area contributed by atoms with Crippen LogP contribution in [0.25, 0.3) is 0 Å². The van der Waals surface area contributed by atoms with Gasteiger partial charge in [0.15, 0.2) is 5.82 Å². The molecule has 3 rings (SSSR count). The lowest BCUT2D eigenvalue weighted by Gasteiger charge is -2.16. The van der Waals surface area contributed by atoms with Gasteiger partial charge in [0.1, 0.15) is 17.5 Å². The number of hydrogen-bond donors (Lipinski definition) is 0. The summed E-state index contributed by atoms with van der Waals surface area (Å²) in [6, 6.07) is 6.51. The van der Waals surface area contributed by atoms with Gasteiger partial charge in [0.25, 0.3) is 0 Å². The molecule has 0 amide bonds. The number of carbonyl (C=O) groups is 1. The van der Waals surface area contributed by atoms with Crippen molar-refractivity contribution in [2.24, 2.45) is 0 Å². The van der Waals surface area contributed by atoms with Crippen molar-refractivity contribution in [3.8, 4) is 0 Å². The number of Topliss-reactive ketones (excluding diaryl/α,β-unsaturated/α-hetero) is 1. The first kappa shape index (κ1) is 14.2. The van der Waals surface area contributed by atoms with Crippen LogP contribution in [-0.2, 0) is 15.3 Å². The van der Waals surface area contributed by atoms with Crippen LogP contribution < -0.4 is 0 Å². The van der Waals surface area contributed by atoms with Crippen LogP contribution in [-0.4, -0.2) is 29.1 Å². The highest BCUT2D eigenvalue weighted by molar-refractivity contribution is 7.98. The minimum absolute atomic E-state index is 0.0539. The molecule has 0 bridgehead atoms. The van der Waals surface area contributed by atoms with Gasteiger partial charge in [-0.3, -0.25) is 4.79 Å². The van der Waals surface area contributed by atoms with Crippen molar-refractivity contribution in [1.82, 2.24) is 10.1 Å². The zero-order valence-electron chi connectivity index (χ0n) is 11.1. The van der Waals surface area contributed by atoms with E-state index in [0.717, 1.165) is 0 Å². The summed E-state index contributed by atoms with van der Waals surface area (Å²) in [4.78, 5) is 16.5. The first-order valence-corrected chi connectivity index (χ1v) is 7.53. The van der Waals surface area contributed by atoms with E-state index in [0.29, 0.717) is 29.5 Å². The second-order valence-corrected chi connectivity index (χ2v) is 5.63. The second kappa shape index (κ2) is 6.36. The molecule has 110 valence electrons. The number of nitrogens with zero attached hydrogens (tertiary/aromatic N) is 2. The van der Waals surface area contributed by atoms with Crippen LogP contribution in [0.15, 0.2) is 33.7 Å². The van der Waals surface area contributed by atoms with E-state index in [9.17, 15) is 9.18 Å². The molecule has 0 spiro atoms. The van der Waals surface area contributed by atoms with Crippen LogP contribution in [0.5, 0.6) is 0 Å². The molecule has 1 fully saturated rings. The Hall–Kier alpha value is -1.73. The van der Waals surface area contributed by atoms with Crippen LogP contribution in [0.1, 0.15) is 24.1 Å². The number of thioether (sulfide) groups is 1. The molecule has 1 saturated heterocycles. The molecule has 1 atom stereocenters. The first-order valence-electron chi connectivity index (χ1n) is 6.54. The summed E-state index contributed by atoms with van der Waals surface area (Å²) in [5.74, 6) is 0.408. The van der Waals surface area contributed by atoms with Gasteiger partial charge in [-0.2, -0.15) is 4.98 Å². The van der Waals surface area contributed by atoms with Gasteiger partial charge in [-0.05, 0) is 12.1 Å². The second-order valence-electron chi connectivity index (χ2n) is 4.61. The van der Waals surface area contributed by atoms with E-state index in [4.69, 9.17) is 9.26 Å². The highest BCUT2D eigenvalue weighted by atomic mass is 32.2. The van der Waals surface area contributed by atoms with Gasteiger partial charge in [0.2, 0.25) is 5.89 Å². The minimum atomic E-state index is -0.474. The van der Waals surface area contributed by atoms with Crippen molar-refractivity contribution in [1.29, 1.82) is 0 Å². The number of carbonyl (C=O) groups excluding carboxylic acids is 1. The van der Waals surface area contributed by atoms with Crippen LogP contribution >= 0.6 is 11.8 Å². The molecule has 1 aliphatic heterocycles. The molecule has 1 aromatic carbocycles. The largest absolute Gasteiger partial charge is 0.380 e. The highest BCUT2D eigenvalue weighted by Crippen LogP contribution is 2.26. The Morgan fingerprint density at radius 2 is 2.24 bits per heavy atom. The van der Waals surface area contributed by atoms with Crippen molar-refractivity contribution in [2.45, 2.75) is 23.0 Å². The van der Waals surface area contributed by atoms with Gasteiger partial charge in [-0.15, -0.1) is 11.8 Å². The molecular weight excluding hydrogens is 295 g/mol. The number of hydrogen-bond acceptors (Lipinski definition) is 6. The first-order chi connectivity index (χ1) is 10.2. The monoisotopic (exact) mass is 308 g/mol. The van der Waals surface area contributed by atoms with Crippen molar-refractivity contribution in [3.05, 3.63) is 41.8 Å². The van der Waals surface area contributed by atoms with Gasteiger partial charge < -0.3 is 9.26 Å². The van der Waals surface area contributed by atoms with Gasteiger partial charge in [0.05, 0.1) is 19.0 Å². The zero-order valence-corrected chi connectivity index (χ0v) is 11.9. The molecule has 0 radical (unpaired) electrons. The zero-order chi connectivity index (χ0) is 14.7. The molecule has 0 N–H and O–H groups in total. The molecule has 1 aromatic heterocycles. The Morgan fingerprint density at radius 3 is 3.05 bits per heavy atom. The number of halogens is 1. The number of ether oxygens (including phenoxy) is 1. The number of aromatic nitrogens is 2. The fraction of sp³-hybridized carbons (Fsp3) is 0.357. The Kier molecular flexibility index (Phi) is 4.31. The van der Waals surface area contributed by atoms with Crippen LogP contribution in [0, 0.1) is 5.82 Å². The summed E-state index contributed by atoms with van der Waals surface area (Å²) in [7, 11) is 0. The van der Waals surface area contributed by atoms with Gasteiger partial charge in [-0.25, -0.2) is 4.39 Å². The maximum atomic E-state index is 13.5. The molecule has 2 heterocycles. The SMILES string of the molecule is O=C1CCOCC1c1nc(CSc2ccccc2F)no1. The van der Waals surface area contributed by atoms with Crippen molar-refractivity contribution < 1.29 is 18.4 Å². The van der Waals surface area contributed by atoms with Crippen LogP contribution in [0.2, 0.25) is 0 Å². The maximum absolute atomic E-state index is 13.5. The predicted molar refractivity (Wildman–Crippen MR) is 73.4 cm³/mol. The van der Waals surface area contributed by atoms with E-state index in [-0.39, 0.29) is 24.1 Å². The van der Waals surface area contributed by atoms with Crippen molar-refractivity contribution >= 4 is 17.5 Å². The molecule has 7 heteroatoms. The van der Waals surface area contributed by atoms with Gasteiger partial charge in [0, 0.05) is 11.3 Å². The van der Waals surface area contributed by atoms with Gasteiger partial charge >= 0.3 is 0 Å². The molecule has 1 aliphatic rings. The smallest absolute Gasteiger partial charge is 0.239 e. The number of rotatable bonds is 4. The minimum Gasteiger partial charge on any atom is -0.380 e. The lowest BCUT2D eigenvalue weighted by atomic mass is 10.0. The lowest BCUT2D eigenvalue weighted by molar-refractivity contribution is -0.127. The third kappa shape index (κ3) is 3.30. The summed E-state index contributed by atoms with van der Waals surface area (Å²) >= 11 is 1.28. The summed E-state index contributed by atoms with van der Waals surface area (Å²) in [6.45, 7) is 0.723.